The van der Waals surface area contributed by atoms with Crippen LogP contribution in [-0.2, 0) is 23.9 Å². The average molecular weight is 595 g/mol. The molecule has 2 bridgehead atoms. The molecule has 5 rings (SSSR count). The van der Waals surface area contributed by atoms with E-state index in [4.69, 9.17) is 9.47 Å². The van der Waals surface area contributed by atoms with Crippen LogP contribution in [0.4, 0.5) is 5.69 Å². The van der Waals surface area contributed by atoms with E-state index in [-0.39, 0.29) is 30.9 Å². The van der Waals surface area contributed by atoms with E-state index in [1.54, 1.807) is 26.9 Å². The van der Waals surface area contributed by atoms with Gasteiger partial charge in [0.15, 0.2) is 0 Å². The van der Waals surface area contributed by atoms with E-state index in [1.165, 1.54) is 0 Å². The third-order valence-corrected chi connectivity index (χ3v) is 9.89. The zero-order valence-electron chi connectivity index (χ0n) is 25.5. The van der Waals surface area contributed by atoms with Crippen molar-refractivity contribution in [2.45, 2.75) is 56.4 Å². The van der Waals surface area contributed by atoms with Crippen LogP contribution in [-0.4, -0.2) is 120 Å². The topological polar surface area (TPSA) is 103 Å². The molecular weight excluding hydrogens is 548 g/mol. The van der Waals surface area contributed by atoms with Crippen LogP contribution in [0, 0.1) is 11.8 Å². The first-order chi connectivity index (χ1) is 20.8. The molecule has 43 heavy (non-hydrogen) atoms. The van der Waals surface area contributed by atoms with Crippen LogP contribution in [0.1, 0.15) is 33.1 Å². The molecule has 1 spiro atoms. The summed E-state index contributed by atoms with van der Waals surface area (Å²) in [6, 6.07) is 7.83. The van der Waals surface area contributed by atoms with Gasteiger partial charge in [-0.05, 0) is 38.3 Å². The maximum Gasteiger partial charge on any atom is 0.248 e. The molecule has 0 saturated carbocycles. The number of hydrogen-bond acceptors (Lipinski definition) is 7. The van der Waals surface area contributed by atoms with Crippen LogP contribution in [0.25, 0.3) is 0 Å². The maximum absolute atomic E-state index is 14.6. The first-order valence-electron chi connectivity index (χ1n) is 15.6. The summed E-state index contributed by atoms with van der Waals surface area (Å²) in [5, 5.41) is 10.4. The molecule has 4 aliphatic heterocycles. The fourth-order valence-corrected chi connectivity index (χ4v) is 7.76. The highest BCUT2D eigenvalue weighted by atomic mass is 16.5. The highest BCUT2D eigenvalue weighted by Gasteiger charge is 2.78. The number of aliphatic hydroxyl groups excluding tert-OH is 1. The number of amides is 3. The maximum atomic E-state index is 14.6. The number of hydrogen-bond donors (Lipinski definition) is 1. The molecule has 4 saturated heterocycles. The zero-order chi connectivity index (χ0) is 30.8. The molecule has 1 N–H and O–H groups in total. The quantitative estimate of drug-likeness (QED) is 0.349. The number of carbonyl (C=O) groups excluding carboxylic acids is 3. The normalized spacial score (nSPS) is 30.6. The molecule has 6 atom stereocenters. The summed E-state index contributed by atoms with van der Waals surface area (Å²) in [6.07, 6.45) is 4.87. The van der Waals surface area contributed by atoms with Gasteiger partial charge in [0.05, 0.1) is 43.3 Å². The second kappa shape index (κ2) is 12.9. The Kier molecular flexibility index (Phi) is 9.41. The summed E-state index contributed by atoms with van der Waals surface area (Å²) >= 11 is 0. The van der Waals surface area contributed by atoms with Gasteiger partial charge in [0.25, 0.3) is 0 Å². The number of anilines is 1. The van der Waals surface area contributed by atoms with Crippen LogP contribution < -0.4 is 4.90 Å². The zero-order valence-corrected chi connectivity index (χ0v) is 25.5. The number of benzene rings is 1. The third kappa shape index (κ3) is 5.43. The average Bonchev–Trinajstić information content (AvgIpc) is 3.60. The van der Waals surface area contributed by atoms with Crippen LogP contribution in [0.5, 0.6) is 0 Å². The minimum absolute atomic E-state index is 0.214. The lowest BCUT2D eigenvalue weighted by Crippen LogP contribution is -2.59. The van der Waals surface area contributed by atoms with E-state index in [9.17, 15) is 19.5 Å². The van der Waals surface area contributed by atoms with E-state index < -0.39 is 35.1 Å². The largest absolute Gasteiger partial charge is 0.394 e. The molecule has 10 heteroatoms. The van der Waals surface area contributed by atoms with Gasteiger partial charge in [-0.2, -0.15) is 0 Å². The molecule has 1 aromatic rings. The predicted octanol–water partition coefficient (Wildman–Crippen LogP) is 2.09. The van der Waals surface area contributed by atoms with Crippen molar-refractivity contribution in [3.63, 3.8) is 0 Å². The van der Waals surface area contributed by atoms with Crippen molar-refractivity contribution >= 4 is 23.4 Å². The number of nitrogens with zero attached hydrogens (tertiary/aromatic N) is 4. The Hall–Kier alpha value is -3.05. The minimum Gasteiger partial charge on any atom is -0.394 e. The van der Waals surface area contributed by atoms with E-state index in [2.05, 4.69) is 18.1 Å². The molecule has 0 aliphatic carbocycles. The van der Waals surface area contributed by atoms with Crippen molar-refractivity contribution in [1.82, 2.24) is 14.7 Å². The van der Waals surface area contributed by atoms with Gasteiger partial charge in [0.1, 0.15) is 11.6 Å². The van der Waals surface area contributed by atoms with Crippen molar-refractivity contribution in [2.75, 3.05) is 64.0 Å². The van der Waals surface area contributed by atoms with Gasteiger partial charge in [0, 0.05) is 45.0 Å². The molecule has 10 nitrogen and oxygen atoms in total. The standard InChI is InChI=1S/C33H46N4O6/c1-5-15-35(18-17-34-19-21-42-22-20-34)31(41)28-33-14-13-32(4,43-33)26(27(33)30(40)37(28)24(7-3)23-38)29(39)36(16-6-2)25-11-9-8-10-12-25/h5-6,8-12,24,26-28,38H,1-2,7,13-23H2,3-4H3/t24-,26+,27-,28?,32-,33?/m0/s1. The fourth-order valence-electron chi connectivity index (χ4n) is 7.76. The third-order valence-electron chi connectivity index (χ3n) is 9.89. The van der Waals surface area contributed by atoms with Crippen molar-refractivity contribution in [1.29, 1.82) is 0 Å². The highest BCUT2D eigenvalue weighted by Crippen LogP contribution is 2.64. The Morgan fingerprint density at radius 1 is 1.12 bits per heavy atom. The number of fused-ring (bicyclic) bond motifs is 1. The smallest absolute Gasteiger partial charge is 0.248 e. The van der Waals surface area contributed by atoms with Crippen LogP contribution in [0.2, 0.25) is 0 Å². The predicted molar refractivity (Wildman–Crippen MR) is 163 cm³/mol. The molecular formula is C33H46N4O6. The molecule has 0 aromatic heterocycles. The Labute approximate surface area is 254 Å². The molecule has 4 aliphatic rings. The molecule has 3 amide bonds. The molecule has 1 aromatic carbocycles. The second-order valence-electron chi connectivity index (χ2n) is 12.3. The number of carbonyl (C=O) groups is 3. The number of morpholine rings is 1. The number of rotatable bonds is 13. The molecule has 4 heterocycles. The fraction of sp³-hybridized carbons (Fsp3) is 0.606. The Morgan fingerprint density at radius 3 is 2.44 bits per heavy atom. The van der Waals surface area contributed by atoms with Gasteiger partial charge in [-0.15, -0.1) is 13.2 Å². The summed E-state index contributed by atoms with van der Waals surface area (Å²) in [5.74, 6) is -2.35. The molecule has 234 valence electrons. The van der Waals surface area contributed by atoms with Gasteiger partial charge in [0.2, 0.25) is 17.7 Å². The monoisotopic (exact) mass is 594 g/mol. The van der Waals surface area contributed by atoms with Crippen molar-refractivity contribution in [2.24, 2.45) is 11.8 Å². The minimum atomic E-state index is -1.17. The van der Waals surface area contributed by atoms with Crippen LogP contribution in [0.3, 0.4) is 0 Å². The second-order valence-corrected chi connectivity index (χ2v) is 12.3. The van der Waals surface area contributed by atoms with E-state index >= 15 is 0 Å². The van der Waals surface area contributed by atoms with Crippen molar-refractivity contribution in [3.05, 3.63) is 55.6 Å². The van der Waals surface area contributed by atoms with E-state index in [0.717, 1.165) is 13.1 Å². The summed E-state index contributed by atoms with van der Waals surface area (Å²) in [4.78, 5) is 50.9. The SMILES string of the molecule is C=CCN(CCN1CCOCC1)C(=O)C1N([C@@H](CC)CO)C(=O)[C@@H]2[C@H](C(=O)N(CC=C)c3ccccc3)[C@]3(C)CCC12O3. The summed E-state index contributed by atoms with van der Waals surface area (Å²) in [6.45, 7) is 15.9. The van der Waals surface area contributed by atoms with Gasteiger partial charge < -0.3 is 29.3 Å². The van der Waals surface area contributed by atoms with Gasteiger partial charge in [-0.3, -0.25) is 19.3 Å². The number of likely N-dealkylation sites (tertiary alicyclic amines) is 1. The van der Waals surface area contributed by atoms with Gasteiger partial charge in [-0.1, -0.05) is 37.3 Å². The first kappa shape index (κ1) is 31.4. The Morgan fingerprint density at radius 2 is 1.81 bits per heavy atom. The molecule has 0 radical (unpaired) electrons. The Balaban J connectivity index is 1.52. The summed E-state index contributed by atoms with van der Waals surface area (Å²) < 4.78 is 12.3. The molecule has 4 fully saturated rings. The first-order valence-corrected chi connectivity index (χ1v) is 15.6. The van der Waals surface area contributed by atoms with Crippen molar-refractivity contribution < 1.29 is 29.0 Å². The highest BCUT2D eigenvalue weighted by molar-refractivity contribution is 6.03. The Bertz CT molecular complexity index is 1200. The van der Waals surface area contributed by atoms with E-state index in [0.29, 0.717) is 57.8 Å². The van der Waals surface area contributed by atoms with E-state index in [1.807, 2.05) is 44.2 Å². The number of ether oxygens (including phenoxy) is 2. The molecule has 2 unspecified atom stereocenters. The van der Waals surface area contributed by atoms with Crippen LogP contribution >= 0.6 is 0 Å². The van der Waals surface area contributed by atoms with Crippen molar-refractivity contribution in [3.8, 4) is 0 Å². The summed E-state index contributed by atoms with van der Waals surface area (Å²) in [7, 11) is 0. The van der Waals surface area contributed by atoms with Gasteiger partial charge in [-0.25, -0.2) is 0 Å². The van der Waals surface area contributed by atoms with Crippen LogP contribution in [0.15, 0.2) is 55.6 Å². The number of aliphatic hydroxyl groups is 1. The lowest BCUT2D eigenvalue weighted by atomic mass is 9.66. The lowest BCUT2D eigenvalue weighted by Gasteiger charge is -2.39. The number of para-hydroxylation sites is 1. The summed E-state index contributed by atoms with van der Waals surface area (Å²) in [5.41, 5.74) is -1.36. The lowest BCUT2D eigenvalue weighted by molar-refractivity contribution is -0.154. The van der Waals surface area contributed by atoms with Gasteiger partial charge >= 0.3 is 0 Å².